The van der Waals surface area contributed by atoms with E-state index in [1.54, 1.807) is 23.6 Å². The van der Waals surface area contributed by atoms with Gasteiger partial charge in [-0.15, -0.1) is 11.3 Å². The summed E-state index contributed by atoms with van der Waals surface area (Å²) in [5.41, 5.74) is 0.857. The molecule has 0 atom stereocenters. The molecule has 0 aliphatic heterocycles. The first kappa shape index (κ1) is 20.9. The second-order valence-corrected chi connectivity index (χ2v) is 6.97. The fraction of sp³-hybridized carbons (Fsp3) is 0.0476. The van der Waals surface area contributed by atoms with Gasteiger partial charge in [0.2, 0.25) is 0 Å². The number of amides is 1. The van der Waals surface area contributed by atoms with Gasteiger partial charge in [0.25, 0.3) is 11.6 Å². The number of rotatable bonds is 7. The van der Waals surface area contributed by atoms with Crippen LogP contribution in [-0.4, -0.2) is 23.4 Å². The number of carbonyl (C=O) groups is 2. The van der Waals surface area contributed by atoms with Crippen molar-refractivity contribution < 1.29 is 23.6 Å². The zero-order valence-corrected chi connectivity index (χ0v) is 16.2. The molecule has 3 rings (SSSR count). The third-order valence-electron chi connectivity index (χ3n) is 3.86. The predicted molar refractivity (Wildman–Crippen MR) is 111 cm³/mol. The zero-order valence-electron chi connectivity index (χ0n) is 15.4. The summed E-state index contributed by atoms with van der Waals surface area (Å²) in [5.74, 6) is -1.77. The van der Waals surface area contributed by atoms with Crippen LogP contribution in [0.2, 0.25) is 0 Å². The topological polar surface area (TPSA) is 98.5 Å². The average Bonchev–Trinajstić information content (AvgIpc) is 3.26. The molecule has 0 aliphatic carbocycles. The number of non-ortho nitro benzene ring substituents is 1. The Morgan fingerprint density at radius 2 is 1.90 bits per heavy atom. The number of nitrogens with one attached hydrogen (secondary N) is 1. The third kappa shape index (κ3) is 5.58. The number of hydrogen-bond acceptors (Lipinski definition) is 6. The fourth-order valence-electron chi connectivity index (χ4n) is 2.49. The summed E-state index contributed by atoms with van der Waals surface area (Å²) in [6.07, 6.45) is 1.55. The minimum atomic E-state index is -0.726. The number of nitrogens with zero attached hydrogens (tertiary/aromatic N) is 1. The number of hydrogen-bond donors (Lipinski definition) is 1. The largest absolute Gasteiger partial charge is 0.452 e. The Bertz CT molecular complexity index is 1090. The van der Waals surface area contributed by atoms with E-state index in [-0.39, 0.29) is 16.9 Å². The molecule has 1 N–H and O–H groups in total. The molecule has 0 spiro atoms. The Labute approximate surface area is 174 Å². The summed E-state index contributed by atoms with van der Waals surface area (Å²) in [6.45, 7) is -0.576. The maximum Gasteiger partial charge on any atom is 0.340 e. The molecule has 0 bridgehead atoms. The normalized spacial score (nSPS) is 11.0. The molecule has 1 heterocycles. The molecule has 0 saturated heterocycles. The number of esters is 1. The molecule has 0 radical (unpaired) electrons. The summed E-state index contributed by atoms with van der Waals surface area (Å²) in [7, 11) is 0. The van der Waals surface area contributed by atoms with Crippen LogP contribution in [-0.2, 0) is 14.3 Å². The van der Waals surface area contributed by atoms with Crippen LogP contribution in [0.25, 0.3) is 11.6 Å². The number of thiophene rings is 1. The van der Waals surface area contributed by atoms with E-state index < -0.39 is 29.2 Å². The van der Waals surface area contributed by atoms with Crippen molar-refractivity contribution in [3.05, 3.63) is 92.4 Å². The first-order valence-electron chi connectivity index (χ1n) is 8.65. The first-order chi connectivity index (χ1) is 14.4. The van der Waals surface area contributed by atoms with Crippen molar-refractivity contribution in [2.45, 2.75) is 0 Å². The summed E-state index contributed by atoms with van der Waals surface area (Å²) in [5, 5.41) is 15.0. The summed E-state index contributed by atoms with van der Waals surface area (Å²) in [4.78, 5) is 35.5. The lowest BCUT2D eigenvalue weighted by atomic mass is 10.1. The number of halogens is 1. The number of nitro groups is 1. The van der Waals surface area contributed by atoms with Crippen LogP contribution in [0.1, 0.15) is 10.4 Å². The Kier molecular flexibility index (Phi) is 6.66. The molecule has 7 nitrogen and oxygen atoms in total. The first-order valence-corrected chi connectivity index (χ1v) is 9.53. The molecule has 0 fully saturated rings. The van der Waals surface area contributed by atoms with Gasteiger partial charge in [-0.25, -0.2) is 9.18 Å². The maximum atomic E-state index is 13.1. The van der Waals surface area contributed by atoms with Gasteiger partial charge in [-0.05, 0) is 41.3 Å². The minimum absolute atomic E-state index is 0.174. The number of carbonyl (C=O) groups excluding carboxylic acids is 2. The van der Waals surface area contributed by atoms with Crippen LogP contribution in [0.4, 0.5) is 15.8 Å². The third-order valence-corrected chi connectivity index (χ3v) is 4.77. The second kappa shape index (κ2) is 9.57. The standard InChI is InChI=1S/C21H15FN2O5S/c22-15-8-6-14(7-9-15)11-18(19-5-2-10-30-19)21(26)29-13-20(25)23-16-3-1-4-17(12-16)24(27)28/h1-12H,13H2,(H,23,25). The van der Waals surface area contributed by atoms with E-state index in [0.717, 1.165) is 0 Å². The van der Waals surface area contributed by atoms with E-state index >= 15 is 0 Å². The molecule has 0 unspecified atom stereocenters. The Balaban J connectivity index is 1.69. The lowest BCUT2D eigenvalue weighted by Gasteiger charge is -2.08. The lowest BCUT2D eigenvalue weighted by molar-refractivity contribution is -0.384. The quantitative estimate of drug-likeness (QED) is 0.259. The number of benzene rings is 2. The molecule has 152 valence electrons. The molecule has 1 aromatic heterocycles. The highest BCUT2D eigenvalue weighted by Gasteiger charge is 2.17. The smallest absolute Gasteiger partial charge is 0.340 e. The van der Waals surface area contributed by atoms with Gasteiger partial charge in [-0.3, -0.25) is 14.9 Å². The zero-order chi connectivity index (χ0) is 21.5. The Morgan fingerprint density at radius 1 is 1.13 bits per heavy atom. The van der Waals surface area contributed by atoms with Crippen molar-refractivity contribution >= 4 is 46.2 Å². The molecule has 3 aromatic rings. The molecule has 1 amide bonds. The Morgan fingerprint density at radius 3 is 2.57 bits per heavy atom. The highest BCUT2D eigenvalue weighted by Crippen LogP contribution is 2.24. The second-order valence-electron chi connectivity index (χ2n) is 6.02. The maximum absolute atomic E-state index is 13.1. The number of nitro benzene ring substituents is 1. The van der Waals surface area contributed by atoms with Gasteiger partial charge in [-0.1, -0.05) is 24.3 Å². The van der Waals surface area contributed by atoms with Crippen LogP contribution in [0.3, 0.4) is 0 Å². The molecule has 0 saturated carbocycles. The molecule has 9 heteroatoms. The molecular formula is C21H15FN2O5S. The van der Waals surface area contributed by atoms with Gasteiger partial charge < -0.3 is 10.1 Å². The van der Waals surface area contributed by atoms with Crippen molar-refractivity contribution in [3.8, 4) is 0 Å². The van der Waals surface area contributed by atoms with E-state index in [4.69, 9.17) is 4.74 Å². The highest BCUT2D eigenvalue weighted by molar-refractivity contribution is 7.11. The van der Waals surface area contributed by atoms with Crippen molar-refractivity contribution in [2.75, 3.05) is 11.9 Å². The van der Waals surface area contributed by atoms with Crippen LogP contribution in [0.5, 0.6) is 0 Å². The molecule has 30 heavy (non-hydrogen) atoms. The van der Waals surface area contributed by atoms with Gasteiger partial charge >= 0.3 is 5.97 Å². The highest BCUT2D eigenvalue weighted by atomic mass is 32.1. The summed E-state index contributed by atoms with van der Waals surface area (Å²) in [6, 6.07) is 14.5. The van der Waals surface area contributed by atoms with Gasteiger partial charge in [0.1, 0.15) is 5.82 Å². The summed E-state index contributed by atoms with van der Waals surface area (Å²) < 4.78 is 18.2. The SMILES string of the molecule is O=C(COC(=O)C(=Cc1ccc(F)cc1)c1cccs1)Nc1cccc([N+](=O)[O-])c1. The average molecular weight is 426 g/mol. The lowest BCUT2D eigenvalue weighted by Crippen LogP contribution is -2.21. The van der Waals surface area contributed by atoms with E-state index in [0.29, 0.717) is 10.4 Å². The van der Waals surface area contributed by atoms with Gasteiger partial charge in [0.05, 0.1) is 10.5 Å². The number of ether oxygens (including phenoxy) is 1. The fourth-order valence-corrected chi connectivity index (χ4v) is 3.22. The Hall–Kier alpha value is -3.85. The molecular weight excluding hydrogens is 411 g/mol. The van der Waals surface area contributed by atoms with Crippen LogP contribution in [0.15, 0.2) is 66.0 Å². The monoisotopic (exact) mass is 426 g/mol. The van der Waals surface area contributed by atoms with Gasteiger partial charge in [-0.2, -0.15) is 0 Å². The van der Waals surface area contributed by atoms with E-state index in [1.807, 2.05) is 0 Å². The molecule has 2 aromatic carbocycles. The van der Waals surface area contributed by atoms with E-state index in [9.17, 15) is 24.1 Å². The summed E-state index contributed by atoms with van der Waals surface area (Å²) >= 11 is 1.32. The van der Waals surface area contributed by atoms with Crippen LogP contribution >= 0.6 is 11.3 Å². The van der Waals surface area contributed by atoms with Crippen molar-refractivity contribution in [2.24, 2.45) is 0 Å². The minimum Gasteiger partial charge on any atom is -0.452 e. The van der Waals surface area contributed by atoms with Gasteiger partial charge in [0, 0.05) is 22.7 Å². The number of anilines is 1. The van der Waals surface area contributed by atoms with Crippen molar-refractivity contribution in [3.63, 3.8) is 0 Å². The van der Waals surface area contributed by atoms with Crippen molar-refractivity contribution in [1.82, 2.24) is 0 Å². The van der Waals surface area contributed by atoms with Crippen LogP contribution < -0.4 is 5.32 Å². The predicted octanol–water partition coefficient (Wildman–Crippen LogP) is 4.52. The van der Waals surface area contributed by atoms with Crippen LogP contribution in [0, 0.1) is 15.9 Å². The van der Waals surface area contributed by atoms with E-state index in [2.05, 4.69) is 5.32 Å². The van der Waals surface area contributed by atoms with Crippen molar-refractivity contribution in [1.29, 1.82) is 0 Å². The van der Waals surface area contributed by atoms with E-state index in [1.165, 1.54) is 59.9 Å². The molecule has 0 aliphatic rings. The van der Waals surface area contributed by atoms with Gasteiger partial charge in [0.15, 0.2) is 6.61 Å².